The van der Waals surface area contributed by atoms with E-state index >= 15 is 0 Å². The predicted molar refractivity (Wildman–Crippen MR) is 88.6 cm³/mol. The summed E-state index contributed by atoms with van der Waals surface area (Å²) < 4.78 is 1.96. The maximum absolute atomic E-state index is 4.17. The number of hydrogen-bond acceptors (Lipinski definition) is 4. The first-order chi connectivity index (χ1) is 10.2. The van der Waals surface area contributed by atoms with Crippen LogP contribution in [-0.4, -0.2) is 26.6 Å². The van der Waals surface area contributed by atoms with Crippen molar-refractivity contribution in [3.8, 4) is 0 Å². The standard InChI is InChI=1S/C16H24N4S/c1-5-13-7-9-14(10-8-13)15(17-6-2)12(3)21-16-19-18-11-20(16)4/h7-12,15,17H,5-6H2,1-4H3. The molecule has 0 aliphatic rings. The Morgan fingerprint density at radius 1 is 1.24 bits per heavy atom. The molecule has 2 rings (SSSR count). The highest BCUT2D eigenvalue weighted by atomic mass is 32.2. The molecular weight excluding hydrogens is 280 g/mol. The first-order valence-corrected chi connectivity index (χ1v) is 8.36. The summed E-state index contributed by atoms with van der Waals surface area (Å²) in [5.41, 5.74) is 2.71. The van der Waals surface area contributed by atoms with Gasteiger partial charge in [-0.15, -0.1) is 10.2 Å². The van der Waals surface area contributed by atoms with Crippen LogP contribution in [0, 0.1) is 0 Å². The topological polar surface area (TPSA) is 42.7 Å². The van der Waals surface area contributed by atoms with Crippen molar-refractivity contribution in [3.63, 3.8) is 0 Å². The van der Waals surface area contributed by atoms with Gasteiger partial charge in [0.05, 0.1) is 0 Å². The van der Waals surface area contributed by atoms with Crippen LogP contribution in [0.15, 0.2) is 35.7 Å². The van der Waals surface area contributed by atoms with E-state index in [2.05, 4.69) is 60.6 Å². The molecule has 0 aliphatic heterocycles. The molecule has 4 nitrogen and oxygen atoms in total. The van der Waals surface area contributed by atoms with Gasteiger partial charge in [0.1, 0.15) is 6.33 Å². The maximum Gasteiger partial charge on any atom is 0.191 e. The molecule has 0 bridgehead atoms. The lowest BCUT2D eigenvalue weighted by Gasteiger charge is -2.24. The van der Waals surface area contributed by atoms with Crippen molar-refractivity contribution < 1.29 is 0 Å². The Morgan fingerprint density at radius 2 is 1.95 bits per heavy atom. The van der Waals surface area contributed by atoms with Gasteiger partial charge < -0.3 is 9.88 Å². The normalized spacial score (nSPS) is 14.1. The van der Waals surface area contributed by atoms with E-state index in [1.807, 2.05) is 11.6 Å². The molecule has 114 valence electrons. The molecule has 1 aromatic heterocycles. The van der Waals surface area contributed by atoms with Crippen LogP contribution in [0.25, 0.3) is 0 Å². The average Bonchev–Trinajstić information content (AvgIpc) is 2.90. The van der Waals surface area contributed by atoms with Crippen LogP contribution >= 0.6 is 11.8 Å². The summed E-state index contributed by atoms with van der Waals surface area (Å²) in [6, 6.07) is 9.22. The van der Waals surface area contributed by atoms with E-state index in [0.717, 1.165) is 18.1 Å². The molecule has 0 amide bonds. The Kier molecular flexibility index (Phi) is 5.82. The second kappa shape index (κ2) is 7.61. The molecule has 0 fully saturated rings. The number of hydrogen-bond donors (Lipinski definition) is 1. The van der Waals surface area contributed by atoms with Gasteiger partial charge in [0.15, 0.2) is 5.16 Å². The summed E-state index contributed by atoms with van der Waals surface area (Å²) in [7, 11) is 1.98. The molecule has 1 aromatic carbocycles. The van der Waals surface area contributed by atoms with E-state index in [-0.39, 0.29) is 0 Å². The summed E-state index contributed by atoms with van der Waals surface area (Å²) in [5.74, 6) is 0. The van der Waals surface area contributed by atoms with Gasteiger partial charge in [-0.05, 0) is 24.1 Å². The second-order valence-corrected chi connectivity index (χ2v) is 6.52. The molecule has 0 saturated heterocycles. The lowest BCUT2D eigenvalue weighted by atomic mass is 10.0. The average molecular weight is 304 g/mol. The molecule has 0 saturated carbocycles. The highest BCUT2D eigenvalue weighted by Gasteiger charge is 2.21. The van der Waals surface area contributed by atoms with Crippen molar-refractivity contribution in [3.05, 3.63) is 41.7 Å². The molecule has 2 aromatic rings. The fourth-order valence-corrected chi connectivity index (χ4v) is 3.38. The third kappa shape index (κ3) is 4.08. The largest absolute Gasteiger partial charge is 0.312 e. The van der Waals surface area contributed by atoms with Crippen LogP contribution in [0.2, 0.25) is 0 Å². The minimum Gasteiger partial charge on any atom is -0.312 e. The Labute approximate surface area is 131 Å². The number of aryl methyl sites for hydroxylation is 2. The summed E-state index contributed by atoms with van der Waals surface area (Å²) in [6.07, 6.45) is 2.82. The number of thioether (sulfide) groups is 1. The van der Waals surface area contributed by atoms with E-state index < -0.39 is 0 Å². The molecule has 21 heavy (non-hydrogen) atoms. The van der Waals surface area contributed by atoms with Crippen LogP contribution in [0.1, 0.15) is 37.9 Å². The van der Waals surface area contributed by atoms with E-state index in [9.17, 15) is 0 Å². The van der Waals surface area contributed by atoms with E-state index in [0.29, 0.717) is 11.3 Å². The SMILES string of the molecule is CCNC(c1ccc(CC)cc1)C(C)Sc1nncn1C. The third-order valence-corrected chi connectivity index (χ3v) is 4.83. The van der Waals surface area contributed by atoms with Gasteiger partial charge >= 0.3 is 0 Å². The zero-order chi connectivity index (χ0) is 15.2. The van der Waals surface area contributed by atoms with Crippen molar-refractivity contribution in [2.75, 3.05) is 6.54 Å². The van der Waals surface area contributed by atoms with Gasteiger partial charge in [-0.25, -0.2) is 0 Å². The summed E-state index contributed by atoms with van der Waals surface area (Å²) in [4.78, 5) is 0. The monoisotopic (exact) mass is 304 g/mol. The maximum atomic E-state index is 4.17. The van der Waals surface area contributed by atoms with Crippen LogP contribution in [0.5, 0.6) is 0 Å². The quantitative estimate of drug-likeness (QED) is 0.798. The number of rotatable bonds is 7. The lowest BCUT2D eigenvalue weighted by molar-refractivity contribution is 0.546. The first-order valence-electron chi connectivity index (χ1n) is 7.48. The van der Waals surface area contributed by atoms with E-state index in [1.165, 1.54) is 11.1 Å². The molecule has 1 heterocycles. The molecule has 2 unspecified atom stereocenters. The van der Waals surface area contributed by atoms with Gasteiger partial charge in [0, 0.05) is 18.3 Å². The van der Waals surface area contributed by atoms with Crippen molar-refractivity contribution in [1.29, 1.82) is 0 Å². The molecular formula is C16H24N4S. The van der Waals surface area contributed by atoms with Crippen LogP contribution in [-0.2, 0) is 13.5 Å². The smallest absolute Gasteiger partial charge is 0.191 e. The van der Waals surface area contributed by atoms with Crippen molar-refractivity contribution in [2.24, 2.45) is 7.05 Å². The lowest BCUT2D eigenvalue weighted by Crippen LogP contribution is -2.28. The van der Waals surface area contributed by atoms with Gasteiger partial charge in [0.25, 0.3) is 0 Å². The highest BCUT2D eigenvalue weighted by Crippen LogP contribution is 2.30. The summed E-state index contributed by atoms with van der Waals surface area (Å²) >= 11 is 1.76. The first kappa shape index (κ1) is 16.0. The van der Waals surface area contributed by atoms with Crippen LogP contribution < -0.4 is 5.32 Å². The van der Waals surface area contributed by atoms with Crippen LogP contribution in [0.3, 0.4) is 0 Å². The second-order valence-electron chi connectivity index (χ2n) is 5.18. The molecule has 0 spiro atoms. The van der Waals surface area contributed by atoms with E-state index in [4.69, 9.17) is 0 Å². The zero-order valence-electron chi connectivity index (χ0n) is 13.2. The van der Waals surface area contributed by atoms with Crippen molar-refractivity contribution in [2.45, 2.75) is 43.6 Å². The molecule has 0 radical (unpaired) electrons. The Hall–Kier alpha value is -1.33. The Bertz CT molecular complexity index is 550. The van der Waals surface area contributed by atoms with Gasteiger partial charge in [-0.1, -0.05) is 56.8 Å². The zero-order valence-corrected chi connectivity index (χ0v) is 14.0. The Balaban J connectivity index is 2.14. The van der Waals surface area contributed by atoms with Crippen LogP contribution in [0.4, 0.5) is 0 Å². The fourth-order valence-electron chi connectivity index (χ4n) is 2.35. The number of aromatic nitrogens is 3. The summed E-state index contributed by atoms with van der Waals surface area (Å²) in [5, 5.41) is 13.0. The number of benzene rings is 1. The number of nitrogens with zero attached hydrogens (tertiary/aromatic N) is 3. The fraction of sp³-hybridized carbons (Fsp3) is 0.500. The van der Waals surface area contributed by atoms with Crippen molar-refractivity contribution in [1.82, 2.24) is 20.1 Å². The number of nitrogens with one attached hydrogen (secondary N) is 1. The highest BCUT2D eigenvalue weighted by molar-refractivity contribution is 7.99. The van der Waals surface area contributed by atoms with Gasteiger partial charge in [-0.2, -0.15) is 0 Å². The molecule has 2 atom stereocenters. The summed E-state index contributed by atoms with van der Waals surface area (Å²) in [6.45, 7) is 7.51. The van der Waals surface area contributed by atoms with Gasteiger partial charge in [0.2, 0.25) is 0 Å². The molecule has 0 aliphatic carbocycles. The van der Waals surface area contributed by atoms with Crippen molar-refractivity contribution >= 4 is 11.8 Å². The van der Waals surface area contributed by atoms with Gasteiger partial charge in [-0.3, -0.25) is 0 Å². The Morgan fingerprint density at radius 3 is 2.48 bits per heavy atom. The minimum atomic E-state index is 0.308. The molecule has 1 N–H and O–H groups in total. The predicted octanol–water partition coefficient (Wildman–Crippen LogP) is 3.21. The molecule has 5 heteroatoms. The third-order valence-electron chi connectivity index (χ3n) is 3.60. The minimum absolute atomic E-state index is 0.308. The van der Waals surface area contributed by atoms with E-state index in [1.54, 1.807) is 18.1 Å².